The molecule has 0 radical (unpaired) electrons. The van der Waals surface area contributed by atoms with Crippen LogP contribution in [0.3, 0.4) is 0 Å². The van der Waals surface area contributed by atoms with Crippen molar-refractivity contribution in [1.29, 1.82) is 0 Å². The molecule has 0 spiro atoms. The van der Waals surface area contributed by atoms with E-state index in [0.717, 1.165) is 12.8 Å². The summed E-state index contributed by atoms with van der Waals surface area (Å²) < 4.78 is 27.5. The third-order valence-corrected chi connectivity index (χ3v) is 6.46. The number of aliphatic carboxylic acids is 1. The average Bonchev–Trinajstić information content (AvgIpc) is 3.37. The molecule has 1 saturated carbocycles. The minimum atomic E-state index is -3.65. The molecule has 1 heterocycles. The number of likely N-dealkylation sites (tertiary alicyclic amines) is 1. The number of nitrogens with zero attached hydrogens (tertiary/aromatic N) is 1. The Morgan fingerprint density at radius 1 is 1.23 bits per heavy atom. The molecule has 2 fully saturated rings. The van der Waals surface area contributed by atoms with Gasteiger partial charge in [-0.05, 0) is 49.8 Å². The number of hydrogen-bond donors (Lipinski definition) is 2. The van der Waals surface area contributed by atoms with Gasteiger partial charge in [0.1, 0.15) is 0 Å². The zero-order chi connectivity index (χ0) is 19.1. The molecular weight excluding hydrogens is 356 g/mol. The Morgan fingerprint density at radius 3 is 2.54 bits per heavy atom. The van der Waals surface area contributed by atoms with Gasteiger partial charge in [0.25, 0.3) is 5.91 Å². The van der Waals surface area contributed by atoms with Gasteiger partial charge < -0.3 is 10.0 Å². The number of carbonyl (C=O) groups is 2. The second kappa shape index (κ2) is 7.00. The van der Waals surface area contributed by atoms with Crippen molar-refractivity contribution in [2.75, 3.05) is 13.1 Å². The predicted molar refractivity (Wildman–Crippen MR) is 95.3 cm³/mol. The lowest BCUT2D eigenvalue weighted by molar-refractivity contribution is -0.143. The van der Waals surface area contributed by atoms with Crippen LogP contribution in [0.25, 0.3) is 0 Å². The summed E-state index contributed by atoms with van der Waals surface area (Å²) in [6.45, 7) is 4.29. The van der Waals surface area contributed by atoms with Crippen LogP contribution in [0.4, 0.5) is 0 Å². The monoisotopic (exact) mass is 380 g/mol. The van der Waals surface area contributed by atoms with Gasteiger partial charge in [-0.2, -0.15) is 0 Å². The lowest BCUT2D eigenvalue weighted by Crippen LogP contribution is -2.45. The molecule has 1 aromatic rings. The fourth-order valence-corrected chi connectivity index (χ4v) is 4.68. The molecule has 1 aliphatic heterocycles. The lowest BCUT2D eigenvalue weighted by Gasteiger charge is -2.35. The molecule has 2 atom stereocenters. The van der Waals surface area contributed by atoms with E-state index in [-0.39, 0.29) is 29.3 Å². The second-order valence-electron chi connectivity index (χ2n) is 7.46. The Kier molecular flexibility index (Phi) is 5.07. The minimum absolute atomic E-state index is 0.0141. The van der Waals surface area contributed by atoms with Crippen LogP contribution < -0.4 is 4.72 Å². The first-order valence-corrected chi connectivity index (χ1v) is 10.3. The van der Waals surface area contributed by atoms with Gasteiger partial charge in [0.2, 0.25) is 10.0 Å². The summed E-state index contributed by atoms with van der Waals surface area (Å²) in [5.41, 5.74) is 0.979. The Bertz CT molecular complexity index is 832. The number of benzene rings is 1. The predicted octanol–water partition coefficient (Wildman–Crippen LogP) is 1.62. The van der Waals surface area contributed by atoms with Crippen LogP contribution in [0.2, 0.25) is 0 Å². The fraction of sp³-hybridized carbons (Fsp3) is 0.556. The molecule has 2 N–H and O–H groups in total. The summed E-state index contributed by atoms with van der Waals surface area (Å²) in [6.07, 6.45) is 2.20. The van der Waals surface area contributed by atoms with Gasteiger partial charge in [0, 0.05) is 24.7 Å². The summed E-state index contributed by atoms with van der Waals surface area (Å²) >= 11 is 0. The van der Waals surface area contributed by atoms with Crippen LogP contribution in [0.15, 0.2) is 23.1 Å². The van der Waals surface area contributed by atoms with Crippen molar-refractivity contribution in [3.8, 4) is 0 Å². The van der Waals surface area contributed by atoms with Gasteiger partial charge in [0.15, 0.2) is 0 Å². The quantitative estimate of drug-likeness (QED) is 0.808. The van der Waals surface area contributed by atoms with Crippen LogP contribution in [0, 0.1) is 18.8 Å². The number of amides is 1. The molecule has 3 rings (SSSR count). The van der Waals surface area contributed by atoms with Crippen molar-refractivity contribution >= 4 is 21.9 Å². The van der Waals surface area contributed by atoms with Gasteiger partial charge in [-0.25, -0.2) is 13.1 Å². The standard InChI is InChI=1S/C18H24N2O5S/c1-11-7-13(18(22)23)10-20(9-11)17(21)16-8-15(6-3-12(16)2)26(24,25)19-14-4-5-14/h3,6,8,11,13-14,19H,4-5,7,9-10H2,1-2H3,(H,22,23). The molecule has 26 heavy (non-hydrogen) atoms. The van der Waals surface area contributed by atoms with Crippen LogP contribution in [-0.4, -0.2) is 49.4 Å². The number of carboxylic acids is 1. The molecule has 1 aromatic carbocycles. The van der Waals surface area contributed by atoms with Gasteiger partial charge in [0.05, 0.1) is 10.8 Å². The number of nitrogens with one attached hydrogen (secondary N) is 1. The largest absolute Gasteiger partial charge is 0.481 e. The van der Waals surface area contributed by atoms with Gasteiger partial charge in [-0.1, -0.05) is 13.0 Å². The van der Waals surface area contributed by atoms with E-state index in [1.807, 2.05) is 6.92 Å². The Balaban J connectivity index is 1.86. The van der Waals surface area contributed by atoms with Crippen molar-refractivity contribution in [1.82, 2.24) is 9.62 Å². The highest BCUT2D eigenvalue weighted by Gasteiger charge is 2.33. The molecule has 2 aliphatic rings. The normalized spacial score (nSPS) is 23.7. The van der Waals surface area contributed by atoms with E-state index in [4.69, 9.17) is 0 Å². The second-order valence-corrected chi connectivity index (χ2v) is 9.17. The number of carbonyl (C=O) groups excluding carboxylic acids is 1. The first kappa shape index (κ1) is 18.8. The molecule has 2 unspecified atom stereocenters. The number of carboxylic acid groups (broad SMARTS) is 1. The third-order valence-electron chi connectivity index (χ3n) is 4.95. The van der Waals surface area contributed by atoms with E-state index in [1.165, 1.54) is 17.0 Å². The number of hydrogen-bond acceptors (Lipinski definition) is 4. The highest BCUT2D eigenvalue weighted by atomic mass is 32.2. The van der Waals surface area contributed by atoms with Crippen molar-refractivity contribution < 1.29 is 23.1 Å². The SMILES string of the molecule is Cc1ccc(S(=O)(=O)NC2CC2)cc1C(=O)N1CC(C)CC(C(=O)O)C1. The molecule has 0 aromatic heterocycles. The average molecular weight is 380 g/mol. The molecule has 0 bridgehead atoms. The highest BCUT2D eigenvalue weighted by Crippen LogP contribution is 2.26. The highest BCUT2D eigenvalue weighted by molar-refractivity contribution is 7.89. The topological polar surface area (TPSA) is 104 Å². The third kappa shape index (κ3) is 4.07. The molecule has 1 amide bonds. The summed E-state index contributed by atoms with van der Waals surface area (Å²) in [4.78, 5) is 25.9. The van der Waals surface area contributed by atoms with Crippen molar-refractivity contribution in [3.05, 3.63) is 29.3 Å². The number of sulfonamides is 1. The van der Waals surface area contributed by atoms with Crippen LogP contribution in [-0.2, 0) is 14.8 Å². The lowest BCUT2D eigenvalue weighted by atomic mass is 9.90. The molecular formula is C18H24N2O5S. The van der Waals surface area contributed by atoms with Crippen LogP contribution in [0.5, 0.6) is 0 Å². The minimum Gasteiger partial charge on any atom is -0.481 e. The van der Waals surface area contributed by atoms with Crippen LogP contribution in [0.1, 0.15) is 42.1 Å². The maximum Gasteiger partial charge on any atom is 0.308 e. The zero-order valence-corrected chi connectivity index (χ0v) is 15.8. The van der Waals surface area contributed by atoms with Crippen molar-refractivity contribution in [2.45, 2.75) is 44.0 Å². The van der Waals surface area contributed by atoms with Crippen molar-refractivity contribution in [2.24, 2.45) is 11.8 Å². The molecule has 1 aliphatic carbocycles. The molecule has 8 heteroatoms. The number of rotatable bonds is 5. The first-order chi connectivity index (χ1) is 12.2. The van der Waals surface area contributed by atoms with Gasteiger partial charge in [-0.3, -0.25) is 9.59 Å². The Hall–Kier alpha value is -1.93. The van der Waals surface area contributed by atoms with E-state index >= 15 is 0 Å². The van der Waals surface area contributed by atoms with E-state index < -0.39 is 21.9 Å². The van der Waals surface area contributed by atoms with Gasteiger partial charge in [-0.15, -0.1) is 0 Å². The Labute approximate surface area is 153 Å². The zero-order valence-electron chi connectivity index (χ0n) is 14.9. The molecule has 142 valence electrons. The molecule has 7 nitrogen and oxygen atoms in total. The Morgan fingerprint density at radius 2 is 1.92 bits per heavy atom. The van der Waals surface area contributed by atoms with E-state index in [1.54, 1.807) is 13.0 Å². The maximum absolute atomic E-state index is 13.0. The van der Waals surface area contributed by atoms with Gasteiger partial charge >= 0.3 is 5.97 Å². The van der Waals surface area contributed by atoms with E-state index in [9.17, 15) is 23.1 Å². The number of aryl methyl sites for hydroxylation is 1. The maximum atomic E-state index is 13.0. The summed E-state index contributed by atoms with van der Waals surface area (Å²) in [5, 5.41) is 9.30. The van der Waals surface area contributed by atoms with Crippen molar-refractivity contribution in [3.63, 3.8) is 0 Å². The summed E-state index contributed by atoms with van der Waals surface area (Å²) in [5.74, 6) is -1.73. The van der Waals surface area contributed by atoms with E-state index in [0.29, 0.717) is 24.1 Å². The smallest absolute Gasteiger partial charge is 0.308 e. The van der Waals surface area contributed by atoms with Crippen LogP contribution >= 0.6 is 0 Å². The summed E-state index contributed by atoms with van der Waals surface area (Å²) in [7, 11) is -3.65. The fourth-order valence-electron chi connectivity index (χ4n) is 3.35. The first-order valence-electron chi connectivity index (χ1n) is 8.82. The summed E-state index contributed by atoms with van der Waals surface area (Å²) in [6, 6.07) is 4.50. The van der Waals surface area contributed by atoms with E-state index in [2.05, 4.69) is 4.72 Å². The number of piperidine rings is 1. The molecule has 1 saturated heterocycles.